The first-order valence-corrected chi connectivity index (χ1v) is 20.5. The molecule has 1 aliphatic heterocycles. The minimum absolute atomic E-state index is 0.0598. The number of fused-ring (bicyclic) bond motifs is 3. The third-order valence-electron chi connectivity index (χ3n) is 11.6. The lowest BCUT2D eigenvalue weighted by atomic mass is 9.69. The Morgan fingerprint density at radius 3 is 2.28 bits per heavy atom. The lowest BCUT2D eigenvalue weighted by Gasteiger charge is -2.47. The molecule has 0 aromatic heterocycles. The average Bonchev–Trinajstić information content (AvgIpc) is 3.25. The SMILES string of the molecule is COC(=O)Cc1ccc2c(c1)N(C[C@@H]1CC[C@H]1CO[Si](c1ccccc1)(c1ccccc1)C(C)(C)C)C[C@@]1(CCCc3cc(Cl)ccc31)CO2. The third-order valence-corrected chi connectivity index (χ3v) is 16.9. The molecule has 7 rings (SSSR count). The average molecular weight is 708 g/mol. The lowest BCUT2D eigenvalue weighted by molar-refractivity contribution is -0.139. The van der Waals surface area contributed by atoms with Gasteiger partial charge in [-0.1, -0.05) is 105 Å². The molecule has 0 N–H and O–H groups in total. The Morgan fingerprint density at radius 1 is 0.940 bits per heavy atom. The summed E-state index contributed by atoms with van der Waals surface area (Å²) in [6, 6.07) is 34.6. The molecule has 3 atom stereocenters. The normalized spacial score (nSPS) is 21.7. The first-order chi connectivity index (χ1) is 24.1. The Labute approximate surface area is 304 Å². The Kier molecular flexibility index (Phi) is 9.90. The van der Waals surface area contributed by atoms with Crippen molar-refractivity contribution in [3.8, 4) is 5.75 Å². The van der Waals surface area contributed by atoms with E-state index in [9.17, 15) is 4.79 Å². The van der Waals surface area contributed by atoms with Gasteiger partial charge in [-0.05, 0) is 100 Å². The number of benzene rings is 4. The number of halogens is 1. The van der Waals surface area contributed by atoms with Crippen molar-refractivity contribution in [3.05, 3.63) is 119 Å². The predicted octanol–water partition coefficient (Wildman–Crippen LogP) is 8.13. The van der Waals surface area contributed by atoms with Gasteiger partial charge >= 0.3 is 5.97 Å². The van der Waals surface area contributed by atoms with Gasteiger partial charge in [-0.25, -0.2) is 0 Å². The van der Waals surface area contributed by atoms with E-state index < -0.39 is 8.32 Å². The quantitative estimate of drug-likeness (QED) is 0.130. The van der Waals surface area contributed by atoms with Gasteiger partial charge in [-0.2, -0.15) is 0 Å². The minimum Gasteiger partial charge on any atom is -0.490 e. The topological polar surface area (TPSA) is 48.0 Å². The highest BCUT2D eigenvalue weighted by Crippen LogP contribution is 2.47. The lowest BCUT2D eigenvalue weighted by Crippen LogP contribution is -2.67. The maximum absolute atomic E-state index is 12.3. The minimum atomic E-state index is -2.63. The molecule has 0 saturated heterocycles. The summed E-state index contributed by atoms with van der Waals surface area (Å²) in [5, 5.41) is 3.38. The number of rotatable bonds is 9. The maximum Gasteiger partial charge on any atom is 0.309 e. The largest absolute Gasteiger partial charge is 0.490 e. The number of methoxy groups -OCH3 is 1. The van der Waals surface area contributed by atoms with Gasteiger partial charge < -0.3 is 18.8 Å². The van der Waals surface area contributed by atoms with E-state index in [1.165, 1.54) is 35.0 Å². The standard InChI is InChI=1S/C43H50ClNO4Si/c1-42(2,3)50(36-13-7-5-8-14-36,37-15-9-6-10-16-37)49-28-34-19-18-33(34)27-45-29-43(23-11-12-32-26-35(44)20-21-38(32)43)30-48-40-22-17-31(24-39(40)45)25-41(46)47-4/h5-10,13-17,20-22,24,26,33-34H,11-12,18-19,23,25,27-30H2,1-4H3/t33-,34-,43-/m0/s1. The fraction of sp³-hybridized carbons (Fsp3) is 0.419. The van der Waals surface area contributed by atoms with Crippen LogP contribution in [0, 0.1) is 11.8 Å². The zero-order valence-corrected chi connectivity index (χ0v) is 31.7. The number of ether oxygens (including phenoxy) is 2. The maximum atomic E-state index is 12.3. The van der Waals surface area contributed by atoms with Crippen molar-refractivity contribution >= 4 is 41.9 Å². The van der Waals surface area contributed by atoms with E-state index >= 15 is 0 Å². The summed E-state index contributed by atoms with van der Waals surface area (Å²) >= 11 is 6.50. The van der Waals surface area contributed by atoms with Gasteiger partial charge in [-0.15, -0.1) is 0 Å². The van der Waals surface area contributed by atoms with Crippen molar-refractivity contribution in [1.82, 2.24) is 0 Å². The van der Waals surface area contributed by atoms with Gasteiger partial charge in [0.2, 0.25) is 0 Å². The summed E-state index contributed by atoms with van der Waals surface area (Å²) in [5.74, 6) is 1.58. The molecule has 1 fully saturated rings. The Balaban J connectivity index is 1.20. The van der Waals surface area contributed by atoms with Crippen LogP contribution in [-0.2, 0) is 32.2 Å². The fourth-order valence-electron chi connectivity index (χ4n) is 8.88. The molecular formula is C43H50ClNO4Si. The molecule has 0 amide bonds. The second kappa shape index (κ2) is 14.2. The Bertz CT molecular complexity index is 1770. The van der Waals surface area contributed by atoms with Crippen LogP contribution in [0.2, 0.25) is 10.1 Å². The molecule has 3 aliphatic rings. The molecular weight excluding hydrogens is 658 g/mol. The van der Waals surface area contributed by atoms with Gasteiger partial charge in [0, 0.05) is 30.1 Å². The first kappa shape index (κ1) is 34.8. The number of aryl methyl sites for hydroxylation is 1. The number of carbonyl (C=O) groups excluding carboxylic acids is 1. The summed E-state index contributed by atoms with van der Waals surface area (Å²) in [6.45, 7) is 10.2. The van der Waals surface area contributed by atoms with Crippen LogP contribution in [0.3, 0.4) is 0 Å². The van der Waals surface area contributed by atoms with Crippen LogP contribution < -0.4 is 20.0 Å². The number of anilines is 1. The fourth-order valence-corrected chi connectivity index (χ4v) is 13.7. The van der Waals surface area contributed by atoms with Crippen molar-refractivity contribution in [2.45, 2.75) is 69.7 Å². The Morgan fingerprint density at radius 2 is 1.64 bits per heavy atom. The molecule has 4 aromatic rings. The van der Waals surface area contributed by atoms with E-state index in [4.69, 9.17) is 25.5 Å². The van der Waals surface area contributed by atoms with Crippen LogP contribution in [-0.4, -0.2) is 47.7 Å². The molecule has 1 spiro atoms. The van der Waals surface area contributed by atoms with Crippen LogP contribution in [0.15, 0.2) is 97.1 Å². The van der Waals surface area contributed by atoms with E-state index in [0.717, 1.165) is 67.4 Å². The van der Waals surface area contributed by atoms with E-state index in [1.54, 1.807) is 0 Å². The van der Waals surface area contributed by atoms with E-state index in [1.807, 2.05) is 12.1 Å². The zero-order chi connectivity index (χ0) is 34.9. The van der Waals surface area contributed by atoms with Crippen LogP contribution in [0.4, 0.5) is 5.69 Å². The van der Waals surface area contributed by atoms with Crippen molar-refractivity contribution in [1.29, 1.82) is 0 Å². The highest BCUT2D eigenvalue weighted by atomic mass is 35.5. The molecule has 262 valence electrons. The van der Waals surface area contributed by atoms with Crippen molar-refractivity contribution in [2.75, 3.05) is 38.3 Å². The number of nitrogens with zero attached hydrogens (tertiary/aromatic N) is 1. The van der Waals surface area contributed by atoms with Gasteiger partial charge in [0.15, 0.2) is 0 Å². The Hall–Kier alpha value is -3.58. The summed E-state index contributed by atoms with van der Waals surface area (Å²) in [5.41, 5.74) is 4.56. The van der Waals surface area contributed by atoms with Crippen LogP contribution in [0.25, 0.3) is 0 Å². The second-order valence-electron chi connectivity index (χ2n) is 15.7. The number of hydrogen-bond donors (Lipinski definition) is 0. The molecule has 0 radical (unpaired) electrons. The summed E-state index contributed by atoms with van der Waals surface area (Å²) in [4.78, 5) is 14.9. The third kappa shape index (κ3) is 6.63. The molecule has 5 nitrogen and oxygen atoms in total. The van der Waals surface area contributed by atoms with Crippen molar-refractivity contribution in [3.63, 3.8) is 0 Å². The van der Waals surface area contributed by atoms with Gasteiger partial charge in [0.25, 0.3) is 8.32 Å². The monoisotopic (exact) mass is 707 g/mol. The van der Waals surface area contributed by atoms with Gasteiger partial charge in [-0.3, -0.25) is 4.79 Å². The van der Waals surface area contributed by atoms with Crippen molar-refractivity contribution in [2.24, 2.45) is 11.8 Å². The highest BCUT2D eigenvalue weighted by Gasteiger charge is 2.51. The van der Waals surface area contributed by atoms with Crippen molar-refractivity contribution < 1.29 is 18.7 Å². The first-order valence-electron chi connectivity index (χ1n) is 18.2. The molecule has 1 heterocycles. The van der Waals surface area contributed by atoms with Gasteiger partial charge in [0.1, 0.15) is 5.75 Å². The molecule has 2 aliphatic carbocycles. The second-order valence-corrected chi connectivity index (χ2v) is 20.5. The van der Waals surface area contributed by atoms with Crippen LogP contribution in [0.5, 0.6) is 5.75 Å². The summed E-state index contributed by atoms with van der Waals surface area (Å²) in [6.07, 6.45) is 5.77. The van der Waals surface area contributed by atoms with Gasteiger partial charge in [0.05, 0.1) is 25.8 Å². The number of carbonyl (C=O) groups is 1. The van der Waals surface area contributed by atoms with E-state index in [0.29, 0.717) is 18.4 Å². The molecule has 0 bridgehead atoms. The predicted molar refractivity (Wildman–Crippen MR) is 206 cm³/mol. The summed E-state index contributed by atoms with van der Waals surface area (Å²) in [7, 11) is -1.19. The van der Waals surface area contributed by atoms with E-state index in [2.05, 4.69) is 111 Å². The van der Waals surface area contributed by atoms with E-state index in [-0.39, 0.29) is 22.8 Å². The molecule has 50 heavy (non-hydrogen) atoms. The highest BCUT2D eigenvalue weighted by molar-refractivity contribution is 6.99. The summed E-state index contributed by atoms with van der Waals surface area (Å²) < 4.78 is 19.2. The molecule has 1 saturated carbocycles. The molecule has 7 heteroatoms. The van der Waals surface area contributed by atoms with Crippen LogP contribution >= 0.6 is 11.6 Å². The molecule has 4 aromatic carbocycles. The smallest absolute Gasteiger partial charge is 0.309 e. The number of hydrogen-bond acceptors (Lipinski definition) is 5. The molecule has 0 unspecified atom stereocenters. The number of esters is 1. The zero-order valence-electron chi connectivity index (χ0n) is 29.9. The van der Waals surface area contributed by atoms with Crippen LogP contribution in [0.1, 0.15) is 63.1 Å².